The Hall–Kier alpha value is -8.20. The molecular formula is C88H113N5O23S. The first-order valence-electron chi connectivity index (χ1n) is 41.2. The van der Waals surface area contributed by atoms with Gasteiger partial charge in [0.2, 0.25) is 0 Å². The van der Waals surface area contributed by atoms with Crippen LogP contribution in [0.25, 0.3) is 0 Å². The highest BCUT2D eigenvalue weighted by Crippen LogP contribution is 2.65. The molecule has 16 rings (SSSR count). The number of carbonyl (C=O) groups excluding carboxylic acids is 6. The lowest BCUT2D eigenvalue weighted by molar-refractivity contribution is -0.172. The van der Waals surface area contributed by atoms with Gasteiger partial charge in [0.25, 0.3) is 5.17 Å². The molecule has 29 heteroatoms. The van der Waals surface area contributed by atoms with Gasteiger partial charge in [-0.1, -0.05) is 103 Å². The fourth-order valence-electron chi connectivity index (χ4n) is 22.0. The number of rotatable bonds is 13. The van der Waals surface area contributed by atoms with Crippen LogP contribution in [0, 0.1) is 88.8 Å². The summed E-state index contributed by atoms with van der Waals surface area (Å²) in [6, 6.07) is 10.2. The van der Waals surface area contributed by atoms with Crippen LogP contribution in [-0.4, -0.2) is 228 Å². The summed E-state index contributed by atoms with van der Waals surface area (Å²) in [6.07, 6.45) is 18.4. The van der Waals surface area contributed by atoms with E-state index in [2.05, 4.69) is 51.2 Å². The smallest absolute Gasteiger partial charge is 0.355 e. The van der Waals surface area contributed by atoms with E-state index in [1.807, 2.05) is 99.6 Å². The van der Waals surface area contributed by atoms with E-state index < -0.39 is 144 Å². The first-order chi connectivity index (χ1) is 55.9. The SMILES string of the molecule is CC[C@H]1OC(=O)[C@@H](OC)C[C@H]2C=C[C@H]3[C@H]4O[C@]2(/C(C)=C/[C@H]1C)[C@@H]3[C@H](O)[C@@H](C)[C@H]4OC(=O)c1ccc[nH]1.CO[C@H]1C[C@H]2C=C[C@H]3[C@H]4O[C@]2(/C(C)=C/[C@@H](C)[C@@H]([C@@H](C)O)OC1=O)[C@@H]3[C@H](O)[C@@H](C)[C@H]4OC(=O)c1ccc[nH]1.CO[C@H]1C[C@H]2C=C[C@H]3[C@H]4O[C@]2(/C(C)=C/[C@@H](C)[C@@H]([C@@H](C)OC(=S)n2ccnc2)OC1=O)[C@@H]3[C@H](O)[C@@H](C)[C@H]4OC(=O)c1ccc[nH]1. The largest absolute Gasteiger partial charge is 0.463 e. The number of cyclic esters (lactones) is 3. The number of H-pyrrole nitrogens is 3. The van der Waals surface area contributed by atoms with Gasteiger partial charge in [-0.3, -0.25) is 4.57 Å². The Morgan fingerprint density at radius 1 is 0.547 bits per heavy atom. The van der Waals surface area contributed by atoms with Crippen molar-refractivity contribution in [1.82, 2.24) is 24.5 Å². The van der Waals surface area contributed by atoms with Crippen molar-refractivity contribution in [3.63, 3.8) is 0 Å². The van der Waals surface area contributed by atoms with Gasteiger partial charge in [0.15, 0.2) is 18.3 Å². The van der Waals surface area contributed by atoms with Gasteiger partial charge in [0, 0.05) is 141 Å². The molecule has 634 valence electrons. The quantitative estimate of drug-likeness (QED) is 0.0283. The van der Waals surface area contributed by atoms with Crippen LogP contribution < -0.4 is 0 Å². The monoisotopic (exact) mass is 1640 g/mol. The highest BCUT2D eigenvalue weighted by Gasteiger charge is 2.73. The minimum Gasteiger partial charge on any atom is -0.463 e. The standard InChI is InChI=1S/C32H39N3O8S.C28H37NO8.C28H37NO7/c1-16-13-17(2)32-20(14-23(39-5)30(38)41-26(16)19(4)40-31(44)35-12-11-33-15-35)8-9-21-24(32)25(36)18(3)27(28(21)43-32)42-29(37)22-7-6-10-34-22;1-13-11-14(2)28-17(12-20(34-5)27(33)35-23(13)16(4)30)8-9-18-21(28)22(31)15(3)24(25(18)37-28)36-26(32)19-7-6-10-29-19;1-6-20-14(2)12-15(3)28-17(13-21(33-5)27(32)34-20)9-10-18-22(28)23(30)16(4)24(25(18)36-28)35-26(31)19-8-7-11-29-19/h6-13,15-16,18-21,23-28,34,36H,14H2,1-5H3;6-11,13,15-18,20-25,29-31H,12H2,1-5H3;7-12,14,16-18,20-25,29-30H,6,13H2,1-5H3/b17-13+;14-11+;15-12+/t16-,18-,19-,20-,21-,23+,24+,25-,26+,27-,28-,32+;13-,15-,16-,17-,18-,20+,21+,22-,23+,24-,25-,28+;14-,16-,17-,18-,20-,21+,22+,23-,24-,25-,28+/m111/s1. The number of aliphatic hydroxyl groups is 4. The van der Waals surface area contributed by atoms with Gasteiger partial charge in [0.1, 0.15) is 101 Å². The molecule has 6 fully saturated rings. The number of carbonyl (C=O) groups is 6. The number of esters is 6. The Morgan fingerprint density at radius 3 is 1.22 bits per heavy atom. The number of aromatic nitrogens is 5. The number of methoxy groups -OCH3 is 3. The maximum atomic E-state index is 13.6. The second-order valence-corrected chi connectivity index (χ2v) is 34.7. The van der Waals surface area contributed by atoms with Gasteiger partial charge in [-0.25, -0.2) is 33.8 Å². The van der Waals surface area contributed by atoms with Crippen LogP contribution in [0.3, 0.4) is 0 Å². The molecule has 4 aromatic rings. The number of aliphatic hydroxyl groups excluding tert-OH is 4. The second kappa shape index (κ2) is 34.1. The first-order valence-corrected chi connectivity index (χ1v) is 41.6. The maximum absolute atomic E-state index is 13.6. The number of hydrogen-bond acceptors (Lipinski definition) is 25. The third-order valence-electron chi connectivity index (χ3n) is 27.8. The molecule has 6 aliphatic carbocycles. The number of hydrogen-bond donors (Lipinski definition) is 7. The number of nitrogens with zero attached hydrogens (tertiary/aromatic N) is 2. The molecule has 0 aromatic carbocycles. The summed E-state index contributed by atoms with van der Waals surface area (Å²) >= 11 is 5.45. The number of aromatic amines is 3. The molecule has 12 bridgehead atoms. The van der Waals surface area contributed by atoms with Crippen molar-refractivity contribution >= 4 is 53.2 Å². The van der Waals surface area contributed by atoms with Crippen LogP contribution in [0.5, 0.6) is 0 Å². The molecule has 4 aromatic heterocycles. The van der Waals surface area contributed by atoms with E-state index in [4.69, 9.17) is 73.8 Å². The molecule has 3 saturated carbocycles. The van der Waals surface area contributed by atoms with Crippen LogP contribution >= 0.6 is 12.2 Å². The van der Waals surface area contributed by atoms with Gasteiger partial charge >= 0.3 is 35.8 Å². The lowest BCUT2D eigenvalue weighted by atomic mass is 9.57. The highest BCUT2D eigenvalue weighted by atomic mass is 32.1. The summed E-state index contributed by atoms with van der Waals surface area (Å²) in [7, 11) is 4.47. The van der Waals surface area contributed by atoms with Crippen molar-refractivity contribution in [2.45, 2.75) is 229 Å². The van der Waals surface area contributed by atoms with Crippen LogP contribution in [0.4, 0.5) is 0 Å². The lowest BCUT2D eigenvalue weighted by Gasteiger charge is -2.48. The van der Waals surface area contributed by atoms with Crippen LogP contribution in [0.15, 0.2) is 145 Å². The number of ether oxygens (including phenoxy) is 13. The molecule has 28 nitrogen and oxygen atoms in total. The van der Waals surface area contributed by atoms with Crippen molar-refractivity contribution < 1.29 is 111 Å². The molecule has 35 atom stereocenters. The summed E-state index contributed by atoms with van der Waals surface area (Å²) in [5.74, 6) is -6.83. The highest BCUT2D eigenvalue weighted by molar-refractivity contribution is 7.80. The summed E-state index contributed by atoms with van der Waals surface area (Å²) < 4.78 is 81.0. The summed E-state index contributed by atoms with van der Waals surface area (Å²) in [4.78, 5) is 91.1. The van der Waals surface area contributed by atoms with Crippen LogP contribution in [-0.2, 0) is 76.0 Å². The molecule has 3 saturated heterocycles. The van der Waals surface area contributed by atoms with E-state index in [1.165, 1.54) is 21.3 Å². The van der Waals surface area contributed by atoms with Crippen molar-refractivity contribution in [2.75, 3.05) is 21.3 Å². The van der Waals surface area contributed by atoms with Gasteiger partial charge in [-0.15, -0.1) is 0 Å². The summed E-state index contributed by atoms with van der Waals surface area (Å²) in [5, 5.41) is 45.9. The van der Waals surface area contributed by atoms with E-state index in [9.17, 15) is 49.2 Å². The summed E-state index contributed by atoms with van der Waals surface area (Å²) in [6.45, 7) is 23.0. The van der Waals surface area contributed by atoms with Crippen molar-refractivity contribution in [1.29, 1.82) is 0 Å². The molecule has 0 radical (unpaired) electrons. The lowest BCUT2D eigenvalue weighted by Crippen LogP contribution is -2.57. The topological polar surface area (TPSA) is 369 Å². The average molecular weight is 1640 g/mol. The molecule has 117 heavy (non-hydrogen) atoms. The zero-order valence-corrected chi connectivity index (χ0v) is 69.6. The number of thiocarbonyl (C=S) groups is 1. The van der Waals surface area contributed by atoms with Crippen molar-refractivity contribution in [2.24, 2.45) is 88.8 Å². The molecule has 7 N–H and O–H groups in total. The third kappa shape index (κ3) is 15.0. The predicted molar refractivity (Wildman–Crippen MR) is 425 cm³/mol. The van der Waals surface area contributed by atoms with Crippen molar-refractivity contribution in [3.05, 3.63) is 162 Å². The minimum absolute atomic E-state index is 0.0472. The fourth-order valence-corrected chi connectivity index (χ4v) is 22.3. The Morgan fingerprint density at radius 2 is 0.897 bits per heavy atom. The van der Waals surface area contributed by atoms with Crippen LogP contribution in [0.2, 0.25) is 0 Å². The van der Waals surface area contributed by atoms with E-state index in [1.54, 1.807) is 85.2 Å². The summed E-state index contributed by atoms with van der Waals surface area (Å²) in [5.41, 5.74) is 1.11. The Kier molecular flexibility index (Phi) is 24.9. The van der Waals surface area contributed by atoms with Gasteiger partial charge in [-0.2, -0.15) is 0 Å². The van der Waals surface area contributed by atoms with E-state index in [0.717, 1.165) is 16.7 Å². The minimum atomic E-state index is -0.964. The Balaban J connectivity index is 0.000000145. The van der Waals surface area contributed by atoms with E-state index >= 15 is 0 Å². The van der Waals surface area contributed by atoms with Crippen molar-refractivity contribution in [3.8, 4) is 0 Å². The maximum Gasteiger partial charge on any atom is 0.355 e. The Bertz CT molecular complexity index is 4440. The molecule has 0 amide bonds. The van der Waals surface area contributed by atoms with Gasteiger partial charge < -0.3 is 97.0 Å². The number of nitrogens with one attached hydrogen (secondary N) is 3. The van der Waals surface area contributed by atoms with Gasteiger partial charge in [-0.05, 0) is 126 Å². The van der Waals surface area contributed by atoms with Crippen LogP contribution in [0.1, 0.15) is 140 Å². The molecular weight excluding hydrogens is 1530 g/mol. The molecule has 6 aliphatic heterocycles. The number of imidazole rings is 1. The molecule has 3 spiro atoms. The zero-order valence-electron chi connectivity index (χ0n) is 68.8. The van der Waals surface area contributed by atoms with E-state index in [0.29, 0.717) is 29.9 Å². The molecule has 0 unspecified atom stereocenters. The Labute approximate surface area is 686 Å². The normalized spacial score (nSPS) is 43.2. The molecule has 10 heterocycles. The zero-order chi connectivity index (χ0) is 83.8. The molecule has 12 aliphatic rings. The average Bonchev–Trinajstić information content (AvgIpc) is 1.55. The first kappa shape index (κ1) is 85.2. The predicted octanol–water partition coefficient (Wildman–Crippen LogP) is 9.28. The second-order valence-electron chi connectivity index (χ2n) is 34.3. The fraction of sp³-hybridized carbons (Fsp3) is 0.614. The van der Waals surface area contributed by atoms with E-state index in [-0.39, 0.29) is 119 Å². The van der Waals surface area contributed by atoms with Gasteiger partial charge in [0.05, 0.1) is 24.4 Å². The third-order valence-corrected chi connectivity index (χ3v) is 28.1.